The van der Waals surface area contributed by atoms with E-state index in [4.69, 9.17) is 4.98 Å². The van der Waals surface area contributed by atoms with Crippen molar-refractivity contribution in [3.63, 3.8) is 0 Å². The Balaban J connectivity index is 1.39. The molecule has 2 aromatic heterocycles. The van der Waals surface area contributed by atoms with Crippen molar-refractivity contribution in [3.8, 4) is 0 Å². The molecule has 0 aliphatic carbocycles. The normalized spacial score (nSPS) is 21.4. The zero-order valence-electron chi connectivity index (χ0n) is 15.8. The highest BCUT2D eigenvalue weighted by Crippen LogP contribution is 2.45. The Kier molecular flexibility index (Phi) is 4.32. The van der Waals surface area contributed by atoms with E-state index in [2.05, 4.69) is 26.9 Å². The summed E-state index contributed by atoms with van der Waals surface area (Å²) >= 11 is 0. The van der Waals surface area contributed by atoms with Gasteiger partial charge in [-0.2, -0.15) is 0 Å². The van der Waals surface area contributed by atoms with Gasteiger partial charge in [-0.15, -0.1) is 0 Å². The quantitative estimate of drug-likeness (QED) is 0.696. The van der Waals surface area contributed by atoms with Crippen LogP contribution < -0.4 is 4.90 Å². The summed E-state index contributed by atoms with van der Waals surface area (Å²) in [7, 11) is 0. The maximum Gasteiger partial charge on any atom is 0.127 e. The summed E-state index contributed by atoms with van der Waals surface area (Å²) < 4.78 is 14.1. The van der Waals surface area contributed by atoms with Gasteiger partial charge in [0.1, 0.15) is 5.82 Å². The minimum absolute atomic E-state index is 0.0105. The van der Waals surface area contributed by atoms with Crippen LogP contribution in [0.5, 0.6) is 0 Å². The Morgan fingerprint density at radius 1 is 0.893 bits per heavy atom. The molecule has 5 rings (SSSR count). The van der Waals surface area contributed by atoms with E-state index >= 15 is 0 Å². The van der Waals surface area contributed by atoms with Gasteiger partial charge in [0.05, 0.1) is 23.6 Å². The van der Waals surface area contributed by atoms with Gasteiger partial charge in [0, 0.05) is 43.0 Å². The zero-order valence-corrected chi connectivity index (χ0v) is 15.8. The number of hydrogen-bond acceptors (Lipinski definition) is 4. The second-order valence-corrected chi connectivity index (χ2v) is 7.88. The van der Waals surface area contributed by atoms with Crippen LogP contribution in [0.25, 0.3) is 0 Å². The predicted octanol–water partition coefficient (Wildman–Crippen LogP) is 3.78. The van der Waals surface area contributed by atoms with Gasteiger partial charge in [0.15, 0.2) is 0 Å². The third kappa shape index (κ3) is 3.06. The van der Waals surface area contributed by atoms with Gasteiger partial charge in [-0.05, 0) is 43.3 Å². The van der Waals surface area contributed by atoms with E-state index in [9.17, 15) is 4.39 Å². The van der Waals surface area contributed by atoms with E-state index in [0.717, 1.165) is 43.9 Å². The molecule has 28 heavy (non-hydrogen) atoms. The molecule has 3 aromatic rings. The predicted molar refractivity (Wildman–Crippen MR) is 107 cm³/mol. The highest BCUT2D eigenvalue weighted by molar-refractivity contribution is 5.60. The fourth-order valence-corrected chi connectivity index (χ4v) is 4.70. The summed E-state index contributed by atoms with van der Waals surface area (Å²) in [6.45, 7) is 4.24. The maximum absolute atomic E-state index is 14.1. The molecule has 0 bridgehead atoms. The molecule has 1 spiro atoms. The molecule has 0 saturated carbocycles. The first kappa shape index (κ1) is 17.3. The zero-order chi connectivity index (χ0) is 19.0. The Hall–Kier alpha value is -2.79. The van der Waals surface area contributed by atoms with Crippen molar-refractivity contribution < 1.29 is 4.39 Å². The van der Waals surface area contributed by atoms with Crippen molar-refractivity contribution in [2.75, 3.05) is 24.5 Å². The summed E-state index contributed by atoms with van der Waals surface area (Å²) in [6.07, 6.45) is 4.78. The number of nitrogens with zero attached hydrogens (tertiary/aromatic N) is 4. The van der Waals surface area contributed by atoms with Crippen LogP contribution in [0.3, 0.4) is 0 Å². The number of benzene rings is 1. The van der Waals surface area contributed by atoms with Crippen molar-refractivity contribution in [1.29, 1.82) is 0 Å². The molecule has 0 amide bonds. The second-order valence-electron chi connectivity index (χ2n) is 7.88. The molecule has 4 nitrogen and oxygen atoms in total. The Morgan fingerprint density at radius 2 is 1.75 bits per heavy atom. The first-order valence-corrected chi connectivity index (χ1v) is 9.80. The van der Waals surface area contributed by atoms with E-state index < -0.39 is 0 Å². The molecule has 1 fully saturated rings. The van der Waals surface area contributed by atoms with Crippen molar-refractivity contribution in [2.24, 2.45) is 0 Å². The van der Waals surface area contributed by atoms with Crippen LogP contribution in [0.2, 0.25) is 0 Å². The third-order valence-electron chi connectivity index (χ3n) is 5.99. The molecular weight excluding hydrogens is 351 g/mol. The number of aromatic nitrogens is 2. The van der Waals surface area contributed by atoms with E-state index in [1.807, 2.05) is 42.7 Å². The molecule has 2 aliphatic rings. The van der Waals surface area contributed by atoms with Crippen molar-refractivity contribution in [2.45, 2.75) is 24.9 Å². The van der Waals surface area contributed by atoms with Gasteiger partial charge in [-0.1, -0.05) is 24.3 Å². The lowest BCUT2D eigenvalue weighted by Crippen LogP contribution is -2.36. The average molecular weight is 374 g/mol. The largest absolute Gasteiger partial charge is 0.363 e. The Morgan fingerprint density at radius 3 is 2.61 bits per heavy atom. The maximum atomic E-state index is 14.1. The van der Waals surface area contributed by atoms with Crippen molar-refractivity contribution in [3.05, 3.63) is 89.8 Å². The Bertz CT molecular complexity index is 977. The lowest BCUT2D eigenvalue weighted by Gasteiger charge is -2.26. The average Bonchev–Trinajstić information content (AvgIpc) is 3.26. The smallest absolute Gasteiger partial charge is 0.127 e. The highest BCUT2D eigenvalue weighted by Gasteiger charge is 2.48. The molecule has 0 unspecified atom stereocenters. The first-order chi connectivity index (χ1) is 13.7. The summed E-state index contributed by atoms with van der Waals surface area (Å²) in [5.74, 6) is -0.120. The first-order valence-electron chi connectivity index (χ1n) is 9.80. The SMILES string of the molecule is Fc1ccccc1CN1CC[C@]2(C1)CN(Cc1ccccn1)c1cccnc12. The highest BCUT2D eigenvalue weighted by atomic mass is 19.1. The number of pyridine rings is 2. The number of hydrogen-bond donors (Lipinski definition) is 0. The van der Waals surface area contributed by atoms with Gasteiger partial charge in [-0.3, -0.25) is 14.9 Å². The summed E-state index contributed by atoms with van der Waals surface area (Å²) in [5, 5.41) is 0. The van der Waals surface area contributed by atoms with Crippen LogP contribution in [-0.2, 0) is 18.5 Å². The number of anilines is 1. The van der Waals surface area contributed by atoms with E-state index in [1.54, 1.807) is 12.1 Å². The van der Waals surface area contributed by atoms with Gasteiger partial charge in [0.25, 0.3) is 0 Å². The minimum atomic E-state index is -0.120. The second kappa shape index (κ2) is 6.99. The molecule has 4 heterocycles. The molecule has 5 heteroatoms. The van der Waals surface area contributed by atoms with Crippen LogP contribution in [0, 0.1) is 5.82 Å². The number of halogens is 1. The lowest BCUT2D eigenvalue weighted by molar-refractivity contribution is 0.300. The fraction of sp³-hybridized carbons (Fsp3) is 0.304. The van der Waals surface area contributed by atoms with Crippen molar-refractivity contribution in [1.82, 2.24) is 14.9 Å². The molecule has 142 valence electrons. The van der Waals surface area contributed by atoms with Gasteiger partial charge < -0.3 is 4.90 Å². The molecule has 0 radical (unpaired) electrons. The van der Waals surface area contributed by atoms with E-state index in [-0.39, 0.29) is 11.2 Å². The monoisotopic (exact) mass is 374 g/mol. The number of fused-ring (bicyclic) bond motifs is 2. The van der Waals surface area contributed by atoms with Crippen LogP contribution in [0.4, 0.5) is 10.1 Å². The standard InChI is InChI=1S/C23H23FN4/c24-20-8-2-1-6-18(20)14-27-13-10-23(16-27)17-28(15-19-7-3-4-11-25-19)21-9-5-12-26-22(21)23/h1-9,11-12H,10,13-17H2/t23-/m0/s1. The van der Waals surface area contributed by atoms with Gasteiger partial charge in [0.2, 0.25) is 0 Å². The van der Waals surface area contributed by atoms with E-state index in [0.29, 0.717) is 6.54 Å². The van der Waals surface area contributed by atoms with Crippen LogP contribution in [0.15, 0.2) is 67.0 Å². The van der Waals surface area contributed by atoms with Crippen LogP contribution in [-0.4, -0.2) is 34.5 Å². The number of rotatable bonds is 4. The van der Waals surface area contributed by atoms with E-state index in [1.165, 1.54) is 11.4 Å². The fourth-order valence-electron chi connectivity index (χ4n) is 4.70. The summed E-state index contributed by atoms with van der Waals surface area (Å²) in [4.78, 5) is 14.0. The molecule has 1 aromatic carbocycles. The van der Waals surface area contributed by atoms with Gasteiger partial charge >= 0.3 is 0 Å². The molecular formula is C23H23FN4. The molecule has 1 atom stereocenters. The summed E-state index contributed by atoms with van der Waals surface area (Å²) in [5.41, 5.74) is 4.24. The lowest BCUT2D eigenvalue weighted by atomic mass is 9.85. The molecule has 0 N–H and O–H groups in total. The minimum Gasteiger partial charge on any atom is -0.363 e. The van der Waals surface area contributed by atoms with Crippen LogP contribution >= 0.6 is 0 Å². The van der Waals surface area contributed by atoms with Crippen molar-refractivity contribution >= 4 is 5.69 Å². The molecule has 2 aliphatic heterocycles. The molecule has 1 saturated heterocycles. The van der Waals surface area contributed by atoms with Crippen LogP contribution in [0.1, 0.15) is 23.4 Å². The number of likely N-dealkylation sites (tertiary alicyclic amines) is 1. The topological polar surface area (TPSA) is 32.3 Å². The van der Waals surface area contributed by atoms with Gasteiger partial charge in [-0.25, -0.2) is 4.39 Å². The summed E-state index contributed by atoms with van der Waals surface area (Å²) in [6, 6.07) is 17.3. The Labute approximate surface area is 164 Å². The third-order valence-corrected chi connectivity index (χ3v) is 5.99.